The zero-order valence-corrected chi connectivity index (χ0v) is 16.5. The number of allylic oxidation sites excluding steroid dienone is 3. The zero-order chi connectivity index (χ0) is 18.6. The molecule has 0 saturated heterocycles. The fourth-order valence-electron chi connectivity index (χ4n) is 3.41. The van der Waals surface area contributed by atoms with E-state index in [-0.39, 0.29) is 0 Å². The van der Waals surface area contributed by atoms with Crippen LogP contribution in [0.4, 0.5) is 5.69 Å². The molecule has 1 aliphatic carbocycles. The average Bonchev–Trinajstić information content (AvgIpc) is 3.26. The maximum Gasteiger partial charge on any atom is 0.123 e. The highest BCUT2D eigenvalue weighted by Gasteiger charge is 2.40. The molecule has 0 atom stereocenters. The molecule has 25 heavy (non-hydrogen) atoms. The minimum absolute atomic E-state index is 0.400. The topological polar surface area (TPSA) is 24.4 Å². The molecule has 1 fully saturated rings. The molecule has 1 aliphatic rings. The maximum absolute atomic E-state index is 4.61. The highest BCUT2D eigenvalue weighted by Crippen LogP contribution is 2.49. The van der Waals surface area contributed by atoms with Gasteiger partial charge in [-0.15, -0.1) is 0 Å². The number of anilines is 1. The van der Waals surface area contributed by atoms with Gasteiger partial charge in [0.1, 0.15) is 5.82 Å². The van der Waals surface area contributed by atoms with Crippen molar-refractivity contribution in [2.45, 2.75) is 65.7 Å². The minimum Gasteiger partial charge on any atom is -0.341 e. The van der Waals surface area contributed by atoms with Gasteiger partial charge in [0.15, 0.2) is 0 Å². The summed E-state index contributed by atoms with van der Waals surface area (Å²) in [5.74, 6) is 0.658. The Morgan fingerprint density at radius 3 is 2.48 bits per heavy atom. The molecule has 0 bridgehead atoms. The van der Waals surface area contributed by atoms with Crippen molar-refractivity contribution in [3.8, 4) is 0 Å². The summed E-state index contributed by atoms with van der Waals surface area (Å²) in [5, 5.41) is 3.35. The Morgan fingerprint density at radius 2 is 1.96 bits per heavy atom. The molecule has 1 aromatic rings. The monoisotopic (exact) mass is 336 g/mol. The summed E-state index contributed by atoms with van der Waals surface area (Å²) in [5.41, 5.74) is 7.46. The molecule has 0 amide bonds. The molecule has 2 rings (SSSR count). The van der Waals surface area contributed by atoms with E-state index in [0.717, 1.165) is 35.4 Å². The van der Waals surface area contributed by atoms with Gasteiger partial charge in [-0.2, -0.15) is 0 Å². The van der Waals surface area contributed by atoms with Gasteiger partial charge >= 0.3 is 0 Å². The van der Waals surface area contributed by atoms with E-state index in [9.17, 15) is 0 Å². The number of aryl methyl sites for hydroxylation is 1. The van der Waals surface area contributed by atoms with Crippen LogP contribution >= 0.6 is 0 Å². The largest absolute Gasteiger partial charge is 0.341 e. The predicted molar refractivity (Wildman–Crippen MR) is 111 cm³/mol. The lowest BCUT2D eigenvalue weighted by atomic mass is 9.90. The number of hydrogen-bond acceptors (Lipinski definition) is 2. The molecule has 0 radical (unpaired) electrons. The summed E-state index contributed by atoms with van der Waals surface area (Å²) in [6.07, 6.45) is 6.93. The Bertz CT molecular complexity index is 730. The minimum atomic E-state index is 0.400. The lowest BCUT2D eigenvalue weighted by Crippen LogP contribution is -2.07. The standard InChI is InChI=1S/C23H32N2/c1-8-10-19-15-20(11-12-22(19)23(7)13-14-23)25-18(6)24-17(5)21(9-2)16(3)4/h9,11-12,15,25H,3,6,8,10,13-14H2,1-2,4-5,7H3/b21-9-,24-17-. The van der Waals surface area contributed by atoms with Crippen molar-refractivity contribution >= 4 is 11.4 Å². The van der Waals surface area contributed by atoms with E-state index in [1.165, 1.54) is 24.0 Å². The highest BCUT2D eigenvalue weighted by atomic mass is 15.0. The molecular formula is C23H32N2. The van der Waals surface area contributed by atoms with Crippen molar-refractivity contribution in [1.82, 2.24) is 0 Å². The molecule has 1 N–H and O–H groups in total. The van der Waals surface area contributed by atoms with E-state index in [4.69, 9.17) is 0 Å². The van der Waals surface area contributed by atoms with Crippen molar-refractivity contribution in [2.24, 2.45) is 4.99 Å². The van der Waals surface area contributed by atoms with Crippen LogP contribution in [0.1, 0.15) is 65.0 Å². The van der Waals surface area contributed by atoms with Crippen molar-refractivity contribution in [3.05, 3.63) is 65.5 Å². The van der Waals surface area contributed by atoms with Crippen LogP contribution in [0.25, 0.3) is 0 Å². The second-order valence-corrected chi connectivity index (χ2v) is 7.43. The highest BCUT2D eigenvalue weighted by molar-refractivity contribution is 6.02. The lowest BCUT2D eigenvalue weighted by molar-refractivity contribution is 0.760. The van der Waals surface area contributed by atoms with Gasteiger partial charge in [-0.3, -0.25) is 0 Å². The second-order valence-electron chi connectivity index (χ2n) is 7.43. The van der Waals surface area contributed by atoms with E-state index < -0.39 is 0 Å². The van der Waals surface area contributed by atoms with Gasteiger partial charge in [-0.05, 0) is 79.9 Å². The SMILES string of the molecule is C=C(/N=C(C)\C(=C/C)C(=C)C)Nc1ccc(C2(C)CC2)c(CCC)c1. The third-order valence-corrected chi connectivity index (χ3v) is 5.00. The Labute approximate surface area is 153 Å². The summed E-state index contributed by atoms with van der Waals surface area (Å²) < 4.78 is 0. The lowest BCUT2D eigenvalue weighted by Gasteiger charge is -2.17. The third kappa shape index (κ3) is 4.72. The molecule has 0 heterocycles. The summed E-state index contributed by atoms with van der Waals surface area (Å²) >= 11 is 0. The summed E-state index contributed by atoms with van der Waals surface area (Å²) in [6.45, 7) is 18.7. The van der Waals surface area contributed by atoms with E-state index >= 15 is 0 Å². The first-order valence-electron chi connectivity index (χ1n) is 9.28. The van der Waals surface area contributed by atoms with Crippen LogP contribution in [0.2, 0.25) is 0 Å². The molecule has 0 unspecified atom stereocenters. The molecular weight excluding hydrogens is 304 g/mol. The number of nitrogens with zero attached hydrogens (tertiary/aromatic N) is 1. The molecule has 2 nitrogen and oxygen atoms in total. The average molecular weight is 337 g/mol. The van der Waals surface area contributed by atoms with Gasteiger partial charge < -0.3 is 5.32 Å². The molecule has 134 valence electrons. The predicted octanol–water partition coefficient (Wildman–Crippen LogP) is 6.56. The quantitative estimate of drug-likeness (QED) is 0.422. The Hall–Kier alpha value is -2.09. The van der Waals surface area contributed by atoms with Crippen molar-refractivity contribution in [1.29, 1.82) is 0 Å². The Morgan fingerprint density at radius 1 is 1.28 bits per heavy atom. The summed E-state index contributed by atoms with van der Waals surface area (Å²) in [4.78, 5) is 4.61. The van der Waals surface area contributed by atoms with E-state index in [1.807, 2.05) is 26.8 Å². The smallest absolute Gasteiger partial charge is 0.123 e. The molecule has 0 aliphatic heterocycles. The van der Waals surface area contributed by atoms with Gasteiger partial charge in [-0.1, -0.05) is 45.6 Å². The second kappa shape index (κ2) is 7.86. The number of hydrogen-bond donors (Lipinski definition) is 1. The van der Waals surface area contributed by atoms with Crippen LogP contribution in [0.15, 0.2) is 59.4 Å². The van der Waals surface area contributed by atoms with Gasteiger partial charge in [0.05, 0.1) is 0 Å². The third-order valence-electron chi connectivity index (χ3n) is 5.00. The van der Waals surface area contributed by atoms with Gasteiger partial charge in [-0.25, -0.2) is 4.99 Å². The van der Waals surface area contributed by atoms with Crippen LogP contribution in [-0.2, 0) is 11.8 Å². The van der Waals surface area contributed by atoms with Crippen molar-refractivity contribution < 1.29 is 0 Å². The first-order chi connectivity index (χ1) is 11.8. The van der Waals surface area contributed by atoms with E-state index in [1.54, 1.807) is 0 Å². The Balaban J connectivity index is 2.18. The fourth-order valence-corrected chi connectivity index (χ4v) is 3.41. The first kappa shape index (κ1) is 19.2. The molecule has 0 spiro atoms. The molecule has 1 saturated carbocycles. The van der Waals surface area contributed by atoms with Crippen LogP contribution in [0, 0.1) is 0 Å². The van der Waals surface area contributed by atoms with Crippen LogP contribution in [0.3, 0.4) is 0 Å². The van der Waals surface area contributed by atoms with Gasteiger partial charge in [0.25, 0.3) is 0 Å². The van der Waals surface area contributed by atoms with Crippen molar-refractivity contribution in [3.63, 3.8) is 0 Å². The van der Waals surface area contributed by atoms with Crippen LogP contribution < -0.4 is 5.32 Å². The van der Waals surface area contributed by atoms with Crippen LogP contribution in [-0.4, -0.2) is 5.71 Å². The number of benzene rings is 1. The van der Waals surface area contributed by atoms with Gasteiger partial charge in [0, 0.05) is 11.4 Å². The number of rotatable bonds is 8. The van der Waals surface area contributed by atoms with E-state index in [0.29, 0.717) is 11.2 Å². The van der Waals surface area contributed by atoms with Crippen molar-refractivity contribution in [2.75, 3.05) is 5.32 Å². The first-order valence-corrected chi connectivity index (χ1v) is 9.28. The normalized spacial score (nSPS) is 16.5. The zero-order valence-electron chi connectivity index (χ0n) is 16.5. The maximum atomic E-state index is 4.61. The molecule has 1 aromatic carbocycles. The summed E-state index contributed by atoms with van der Waals surface area (Å²) in [7, 11) is 0. The fraction of sp³-hybridized carbons (Fsp3) is 0.435. The van der Waals surface area contributed by atoms with Gasteiger partial charge in [0.2, 0.25) is 0 Å². The number of aliphatic imine (C=N–C) groups is 1. The summed E-state index contributed by atoms with van der Waals surface area (Å²) in [6, 6.07) is 6.71. The molecule has 2 heteroatoms. The Kier molecular flexibility index (Phi) is 6.05. The number of nitrogens with one attached hydrogen (secondary N) is 1. The molecule has 0 aromatic heterocycles. The van der Waals surface area contributed by atoms with Crippen LogP contribution in [0.5, 0.6) is 0 Å². The van der Waals surface area contributed by atoms with E-state index in [2.05, 4.69) is 55.5 Å².